The average molecular weight is 333 g/mol. The summed E-state index contributed by atoms with van der Waals surface area (Å²) < 4.78 is 1.72. The average Bonchev–Trinajstić information content (AvgIpc) is 2.74. The summed E-state index contributed by atoms with van der Waals surface area (Å²) in [6.45, 7) is 2.31. The molecule has 0 atom stereocenters. The van der Waals surface area contributed by atoms with Crippen LogP contribution in [-0.4, -0.2) is 21.6 Å². The van der Waals surface area contributed by atoms with Crippen molar-refractivity contribution < 1.29 is 4.79 Å². The Morgan fingerprint density at radius 2 is 2.00 bits per heavy atom. The molecule has 0 saturated carbocycles. The molecular formula is C13H12Cl3N3O. The summed E-state index contributed by atoms with van der Waals surface area (Å²) in [4.78, 5) is 11.2. The summed E-state index contributed by atoms with van der Waals surface area (Å²) in [5.74, 6) is 0.0471. The van der Waals surface area contributed by atoms with E-state index in [1.807, 2.05) is 6.92 Å². The molecule has 1 N–H and O–H groups in total. The minimum Gasteiger partial charge on any atom is -0.308 e. The van der Waals surface area contributed by atoms with Crippen LogP contribution in [0.4, 0.5) is 5.82 Å². The van der Waals surface area contributed by atoms with E-state index < -0.39 is 0 Å². The SMILES string of the molecule is Cc1cc(NC(=O)CCl)nn1Cc1c(Cl)cccc1Cl. The fraction of sp³-hybridized carbons (Fsp3) is 0.231. The molecule has 0 bridgehead atoms. The number of carbonyl (C=O) groups excluding carboxylic acids is 1. The van der Waals surface area contributed by atoms with E-state index in [9.17, 15) is 4.79 Å². The van der Waals surface area contributed by atoms with E-state index in [1.54, 1.807) is 28.9 Å². The van der Waals surface area contributed by atoms with Gasteiger partial charge in [0.25, 0.3) is 0 Å². The molecule has 7 heteroatoms. The first-order valence-electron chi connectivity index (χ1n) is 5.84. The van der Waals surface area contributed by atoms with Crippen LogP contribution in [0, 0.1) is 6.92 Å². The molecular weight excluding hydrogens is 321 g/mol. The van der Waals surface area contributed by atoms with Gasteiger partial charge in [-0.25, -0.2) is 0 Å². The van der Waals surface area contributed by atoms with Crippen molar-refractivity contribution in [2.75, 3.05) is 11.2 Å². The number of aromatic nitrogens is 2. The Morgan fingerprint density at radius 1 is 1.35 bits per heavy atom. The van der Waals surface area contributed by atoms with Crippen LogP contribution in [0.15, 0.2) is 24.3 Å². The van der Waals surface area contributed by atoms with Crippen LogP contribution in [0.1, 0.15) is 11.3 Å². The third-order valence-electron chi connectivity index (χ3n) is 2.74. The van der Waals surface area contributed by atoms with Gasteiger partial charge in [0.05, 0.1) is 6.54 Å². The van der Waals surface area contributed by atoms with Gasteiger partial charge in [-0.05, 0) is 19.1 Å². The topological polar surface area (TPSA) is 46.9 Å². The number of rotatable bonds is 4. The summed E-state index contributed by atoms with van der Waals surface area (Å²) in [7, 11) is 0. The molecule has 2 aromatic rings. The van der Waals surface area contributed by atoms with Gasteiger partial charge < -0.3 is 5.32 Å². The summed E-state index contributed by atoms with van der Waals surface area (Å²) in [5, 5.41) is 8.05. The monoisotopic (exact) mass is 331 g/mol. The summed E-state index contributed by atoms with van der Waals surface area (Å²) in [6, 6.07) is 7.10. The lowest BCUT2D eigenvalue weighted by molar-refractivity contribution is -0.113. The molecule has 1 heterocycles. The smallest absolute Gasteiger partial charge is 0.240 e. The second-order valence-electron chi connectivity index (χ2n) is 4.21. The van der Waals surface area contributed by atoms with Crippen LogP contribution in [0.3, 0.4) is 0 Å². The largest absolute Gasteiger partial charge is 0.308 e. The van der Waals surface area contributed by atoms with Crippen molar-refractivity contribution in [3.05, 3.63) is 45.6 Å². The predicted molar refractivity (Wildman–Crippen MR) is 81.9 cm³/mol. The summed E-state index contributed by atoms with van der Waals surface area (Å²) in [5.41, 5.74) is 1.67. The third kappa shape index (κ3) is 3.45. The minimum atomic E-state index is -0.299. The van der Waals surface area contributed by atoms with Gasteiger partial charge in [0.1, 0.15) is 5.88 Å². The first kappa shape index (κ1) is 15.2. The maximum Gasteiger partial charge on any atom is 0.240 e. The summed E-state index contributed by atoms with van der Waals surface area (Å²) in [6.07, 6.45) is 0. The van der Waals surface area contributed by atoms with Crippen LogP contribution in [-0.2, 0) is 11.3 Å². The highest BCUT2D eigenvalue weighted by Gasteiger charge is 2.11. The lowest BCUT2D eigenvalue weighted by atomic mass is 10.2. The van der Waals surface area contributed by atoms with Gasteiger partial charge in [-0.3, -0.25) is 9.48 Å². The highest BCUT2D eigenvalue weighted by atomic mass is 35.5. The Labute approximate surface area is 131 Å². The number of nitrogens with one attached hydrogen (secondary N) is 1. The second kappa shape index (κ2) is 6.48. The van der Waals surface area contributed by atoms with Crippen molar-refractivity contribution in [1.82, 2.24) is 9.78 Å². The van der Waals surface area contributed by atoms with Crippen molar-refractivity contribution in [1.29, 1.82) is 0 Å². The zero-order valence-corrected chi connectivity index (χ0v) is 12.9. The fourth-order valence-corrected chi connectivity index (χ4v) is 2.32. The molecule has 106 valence electrons. The van der Waals surface area contributed by atoms with Gasteiger partial charge in [-0.1, -0.05) is 29.3 Å². The molecule has 0 aliphatic heterocycles. The number of aryl methyl sites for hydroxylation is 1. The van der Waals surface area contributed by atoms with E-state index in [-0.39, 0.29) is 11.8 Å². The molecule has 0 fully saturated rings. The molecule has 1 amide bonds. The first-order valence-corrected chi connectivity index (χ1v) is 7.13. The third-order valence-corrected chi connectivity index (χ3v) is 3.69. The molecule has 0 unspecified atom stereocenters. The highest BCUT2D eigenvalue weighted by molar-refractivity contribution is 6.36. The molecule has 1 aromatic carbocycles. The first-order chi connectivity index (χ1) is 9.51. The van der Waals surface area contributed by atoms with E-state index in [0.717, 1.165) is 11.3 Å². The lowest BCUT2D eigenvalue weighted by Gasteiger charge is -2.08. The molecule has 4 nitrogen and oxygen atoms in total. The molecule has 0 aliphatic rings. The van der Waals surface area contributed by atoms with Crippen molar-refractivity contribution >= 4 is 46.5 Å². The van der Waals surface area contributed by atoms with Crippen LogP contribution in [0.25, 0.3) is 0 Å². The Hall–Kier alpha value is -1.23. The van der Waals surface area contributed by atoms with E-state index in [2.05, 4.69) is 10.4 Å². The van der Waals surface area contributed by atoms with Gasteiger partial charge in [-0.2, -0.15) is 5.10 Å². The molecule has 1 aromatic heterocycles. The summed E-state index contributed by atoms with van der Waals surface area (Å²) >= 11 is 17.7. The Balaban J connectivity index is 2.24. The van der Waals surface area contributed by atoms with Crippen LogP contribution >= 0.6 is 34.8 Å². The van der Waals surface area contributed by atoms with E-state index in [1.165, 1.54) is 0 Å². The molecule has 0 aliphatic carbocycles. The Kier molecular flexibility index (Phi) is 4.91. The number of hydrogen-bond donors (Lipinski definition) is 1. The Bertz CT molecular complexity index is 620. The number of carbonyl (C=O) groups is 1. The number of alkyl halides is 1. The normalized spacial score (nSPS) is 10.6. The maximum absolute atomic E-state index is 11.2. The van der Waals surface area contributed by atoms with Crippen molar-refractivity contribution in [2.24, 2.45) is 0 Å². The van der Waals surface area contributed by atoms with E-state index in [4.69, 9.17) is 34.8 Å². The standard InChI is InChI=1S/C13H12Cl3N3O/c1-8-5-12(17-13(20)6-14)18-19(8)7-9-10(15)3-2-4-11(9)16/h2-5H,6-7H2,1H3,(H,17,18,20). The van der Waals surface area contributed by atoms with E-state index in [0.29, 0.717) is 22.4 Å². The second-order valence-corrected chi connectivity index (χ2v) is 5.29. The van der Waals surface area contributed by atoms with Crippen LogP contribution in [0.5, 0.6) is 0 Å². The van der Waals surface area contributed by atoms with Crippen molar-refractivity contribution in [3.63, 3.8) is 0 Å². The quantitative estimate of drug-likeness (QED) is 0.867. The number of halogens is 3. The zero-order valence-electron chi connectivity index (χ0n) is 10.7. The highest BCUT2D eigenvalue weighted by Crippen LogP contribution is 2.25. The molecule has 20 heavy (non-hydrogen) atoms. The number of hydrogen-bond acceptors (Lipinski definition) is 2. The van der Waals surface area contributed by atoms with Crippen LogP contribution < -0.4 is 5.32 Å². The maximum atomic E-state index is 11.2. The Morgan fingerprint density at radius 3 is 2.60 bits per heavy atom. The molecule has 2 rings (SSSR count). The van der Waals surface area contributed by atoms with Crippen LogP contribution in [0.2, 0.25) is 10.0 Å². The molecule has 0 spiro atoms. The molecule has 0 radical (unpaired) electrons. The lowest BCUT2D eigenvalue weighted by Crippen LogP contribution is -2.13. The number of anilines is 1. The van der Waals surface area contributed by atoms with E-state index >= 15 is 0 Å². The van der Waals surface area contributed by atoms with Gasteiger partial charge in [-0.15, -0.1) is 11.6 Å². The van der Waals surface area contributed by atoms with Gasteiger partial charge in [0.2, 0.25) is 5.91 Å². The molecule has 0 saturated heterocycles. The number of amides is 1. The number of nitrogens with zero attached hydrogens (tertiary/aromatic N) is 2. The fourth-order valence-electron chi connectivity index (χ4n) is 1.74. The van der Waals surface area contributed by atoms with Crippen molar-refractivity contribution in [2.45, 2.75) is 13.5 Å². The predicted octanol–water partition coefficient (Wildman–Crippen LogP) is 3.72. The van der Waals surface area contributed by atoms with Gasteiger partial charge in [0.15, 0.2) is 5.82 Å². The zero-order chi connectivity index (χ0) is 14.7. The number of benzene rings is 1. The van der Waals surface area contributed by atoms with Gasteiger partial charge in [0, 0.05) is 27.4 Å². The minimum absolute atomic E-state index is 0.109. The van der Waals surface area contributed by atoms with Gasteiger partial charge >= 0.3 is 0 Å². The van der Waals surface area contributed by atoms with Crippen molar-refractivity contribution in [3.8, 4) is 0 Å².